The van der Waals surface area contributed by atoms with Crippen molar-refractivity contribution in [1.82, 2.24) is 15.2 Å². The molecule has 1 aliphatic heterocycles. The van der Waals surface area contributed by atoms with E-state index in [0.717, 1.165) is 44.7 Å². The summed E-state index contributed by atoms with van der Waals surface area (Å²) in [5, 5.41) is 5.06. The Kier molecular flexibility index (Phi) is 6.65. The summed E-state index contributed by atoms with van der Waals surface area (Å²) in [7, 11) is 0. The van der Waals surface area contributed by atoms with Gasteiger partial charge in [0.1, 0.15) is 0 Å². The normalized spacial score (nSPS) is 13.0. The number of hydrogen-bond acceptors (Lipinski definition) is 4. The van der Waals surface area contributed by atoms with Crippen molar-refractivity contribution in [1.29, 1.82) is 0 Å². The molecule has 7 heteroatoms. The first-order valence-corrected chi connectivity index (χ1v) is 12.4. The van der Waals surface area contributed by atoms with Crippen molar-refractivity contribution in [3.63, 3.8) is 0 Å². The predicted octanol–water partition coefficient (Wildman–Crippen LogP) is 5.51. The third-order valence-electron chi connectivity index (χ3n) is 6.49. The highest BCUT2D eigenvalue weighted by atomic mass is 32.1. The van der Waals surface area contributed by atoms with E-state index in [9.17, 15) is 4.79 Å². The van der Waals surface area contributed by atoms with Crippen LogP contribution >= 0.6 is 12.2 Å². The smallest absolute Gasteiger partial charge is 0.253 e. The largest absolute Gasteiger partial charge is 0.454 e. The van der Waals surface area contributed by atoms with Crippen molar-refractivity contribution >= 4 is 28.2 Å². The van der Waals surface area contributed by atoms with Gasteiger partial charge in [0.05, 0.1) is 12.6 Å². The highest BCUT2D eigenvalue weighted by Crippen LogP contribution is 2.33. The topological polar surface area (TPSA) is 66.6 Å². The lowest BCUT2D eigenvalue weighted by molar-refractivity contribution is 0.174. The molecule has 0 bridgehead atoms. The SMILES string of the molecule is Cc1cc(C)c2cc(CN(Cc3ccc4c(c3)OCO4)C(=S)NC(C)c3ccccc3)c(=O)[nH]c2c1. The first kappa shape index (κ1) is 23.9. The number of nitrogens with zero attached hydrogens (tertiary/aromatic N) is 1. The monoisotopic (exact) mass is 499 g/mol. The van der Waals surface area contributed by atoms with E-state index < -0.39 is 0 Å². The lowest BCUT2D eigenvalue weighted by Crippen LogP contribution is -2.41. The van der Waals surface area contributed by atoms with Gasteiger partial charge in [0.25, 0.3) is 5.56 Å². The summed E-state index contributed by atoms with van der Waals surface area (Å²) in [6.07, 6.45) is 0. The number of aryl methyl sites for hydroxylation is 2. The van der Waals surface area contributed by atoms with E-state index in [1.54, 1.807) is 0 Å². The van der Waals surface area contributed by atoms with Gasteiger partial charge in [-0.25, -0.2) is 0 Å². The van der Waals surface area contributed by atoms with Gasteiger partial charge in [0.15, 0.2) is 16.6 Å². The second kappa shape index (κ2) is 10.0. The van der Waals surface area contributed by atoms with Gasteiger partial charge >= 0.3 is 0 Å². The van der Waals surface area contributed by atoms with Crippen molar-refractivity contribution < 1.29 is 9.47 Å². The Hall–Kier alpha value is -3.84. The summed E-state index contributed by atoms with van der Waals surface area (Å²) >= 11 is 5.88. The molecule has 1 unspecified atom stereocenters. The van der Waals surface area contributed by atoms with E-state index >= 15 is 0 Å². The standard InChI is InChI=1S/C29H29N3O3S/c1-18-11-19(2)24-14-23(28(33)31-25(24)12-18)16-32(15-21-9-10-26-27(13-21)35-17-34-26)29(36)30-20(3)22-7-5-4-6-8-22/h4-14,20H,15-17H2,1-3H3,(H,30,36)(H,31,33). The maximum atomic E-state index is 13.1. The Balaban J connectivity index is 1.46. The number of rotatable bonds is 6. The van der Waals surface area contributed by atoms with Crippen molar-refractivity contribution in [3.8, 4) is 11.5 Å². The van der Waals surface area contributed by atoms with Crippen LogP contribution in [0.1, 0.15) is 40.8 Å². The van der Waals surface area contributed by atoms with Gasteiger partial charge in [-0.2, -0.15) is 0 Å². The van der Waals surface area contributed by atoms with E-state index in [1.807, 2.05) is 60.4 Å². The summed E-state index contributed by atoms with van der Waals surface area (Å²) in [4.78, 5) is 18.2. The van der Waals surface area contributed by atoms with Crippen LogP contribution in [-0.2, 0) is 13.1 Å². The molecule has 1 aliphatic rings. The Labute approximate surface area is 215 Å². The summed E-state index contributed by atoms with van der Waals surface area (Å²) in [5.41, 5.74) is 5.80. The molecule has 0 saturated carbocycles. The minimum absolute atomic E-state index is 0.0121. The quantitative estimate of drug-likeness (QED) is 0.341. The maximum absolute atomic E-state index is 13.1. The van der Waals surface area contributed by atoms with Crippen LogP contribution in [0, 0.1) is 13.8 Å². The van der Waals surface area contributed by atoms with E-state index in [1.165, 1.54) is 0 Å². The van der Waals surface area contributed by atoms with Crippen molar-refractivity contribution in [2.75, 3.05) is 6.79 Å². The Bertz CT molecular complexity index is 1480. The molecule has 0 radical (unpaired) electrons. The van der Waals surface area contributed by atoms with Gasteiger partial charge in [-0.15, -0.1) is 0 Å². The van der Waals surface area contributed by atoms with Gasteiger partial charge in [-0.3, -0.25) is 4.79 Å². The fraction of sp³-hybridized carbons (Fsp3) is 0.241. The lowest BCUT2D eigenvalue weighted by Gasteiger charge is -2.28. The zero-order valence-electron chi connectivity index (χ0n) is 20.6. The predicted molar refractivity (Wildman–Crippen MR) is 146 cm³/mol. The minimum Gasteiger partial charge on any atom is -0.454 e. The Morgan fingerprint density at radius 3 is 2.61 bits per heavy atom. The van der Waals surface area contributed by atoms with E-state index in [-0.39, 0.29) is 18.4 Å². The van der Waals surface area contributed by atoms with Crippen molar-refractivity contribution in [2.45, 2.75) is 39.9 Å². The van der Waals surface area contributed by atoms with Gasteiger partial charge in [0.2, 0.25) is 6.79 Å². The summed E-state index contributed by atoms with van der Waals surface area (Å²) in [6, 6.07) is 22.2. The zero-order valence-corrected chi connectivity index (χ0v) is 21.4. The first-order chi connectivity index (χ1) is 17.4. The third-order valence-corrected chi connectivity index (χ3v) is 6.86. The molecule has 2 N–H and O–H groups in total. The molecule has 3 aromatic carbocycles. The van der Waals surface area contributed by atoms with E-state index in [2.05, 4.69) is 42.3 Å². The second-order valence-corrected chi connectivity index (χ2v) is 9.68. The number of aromatic amines is 1. The molecule has 1 atom stereocenters. The number of aromatic nitrogens is 1. The number of benzene rings is 3. The number of nitrogens with one attached hydrogen (secondary N) is 2. The average Bonchev–Trinajstić information content (AvgIpc) is 3.32. The molecule has 0 saturated heterocycles. The zero-order chi connectivity index (χ0) is 25.2. The van der Waals surface area contributed by atoms with Crippen LogP contribution in [0.3, 0.4) is 0 Å². The van der Waals surface area contributed by atoms with Crippen LogP contribution < -0.4 is 20.3 Å². The van der Waals surface area contributed by atoms with Gasteiger partial charge < -0.3 is 24.7 Å². The molecule has 2 heterocycles. The van der Waals surface area contributed by atoms with Crippen LogP contribution in [0.15, 0.2) is 71.5 Å². The number of thiocarbonyl (C=S) groups is 1. The molecule has 0 spiro atoms. The Morgan fingerprint density at radius 2 is 1.81 bits per heavy atom. The molecular weight excluding hydrogens is 470 g/mol. The number of H-pyrrole nitrogens is 1. The van der Waals surface area contributed by atoms with Crippen LogP contribution in [-0.4, -0.2) is 21.8 Å². The van der Waals surface area contributed by atoms with Crippen LogP contribution in [0.5, 0.6) is 11.5 Å². The van der Waals surface area contributed by atoms with E-state index in [0.29, 0.717) is 23.8 Å². The molecule has 0 aliphatic carbocycles. The summed E-state index contributed by atoms with van der Waals surface area (Å²) < 4.78 is 11.0. The molecular formula is C29H29N3O3S. The number of hydrogen-bond donors (Lipinski definition) is 2. The molecule has 0 fully saturated rings. The van der Waals surface area contributed by atoms with Crippen LogP contribution in [0.25, 0.3) is 10.9 Å². The number of fused-ring (bicyclic) bond motifs is 2. The minimum atomic E-state index is -0.109. The molecule has 1 aromatic heterocycles. The molecule has 0 amide bonds. The summed E-state index contributed by atoms with van der Waals surface area (Å²) in [6.45, 7) is 7.27. The van der Waals surface area contributed by atoms with Gasteiger partial charge in [-0.1, -0.05) is 42.5 Å². The molecule has 36 heavy (non-hydrogen) atoms. The summed E-state index contributed by atoms with van der Waals surface area (Å²) in [5.74, 6) is 1.46. The van der Waals surface area contributed by atoms with Gasteiger partial charge in [0, 0.05) is 23.0 Å². The number of pyridine rings is 1. The maximum Gasteiger partial charge on any atom is 0.253 e. The lowest BCUT2D eigenvalue weighted by atomic mass is 10.0. The molecule has 5 rings (SSSR count). The van der Waals surface area contributed by atoms with Crippen molar-refractivity contribution in [3.05, 3.63) is 105 Å². The fourth-order valence-corrected chi connectivity index (χ4v) is 4.91. The fourth-order valence-electron chi connectivity index (χ4n) is 4.60. The molecule has 6 nitrogen and oxygen atoms in total. The highest BCUT2D eigenvalue weighted by Gasteiger charge is 2.19. The third kappa shape index (κ3) is 5.06. The Morgan fingerprint density at radius 1 is 1.03 bits per heavy atom. The highest BCUT2D eigenvalue weighted by molar-refractivity contribution is 7.80. The second-order valence-electron chi connectivity index (χ2n) is 9.29. The molecule has 4 aromatic rings. The van der Waals surface area contributed by atoms with Crippen LogP contribution in [0.2, 0.25) is 0 Å². The average molecular weight is 500 g/mol. The first-order valence-electron chi connectivity index (χ1n) is 12.0. The van der Waals surface area contributed by atoms with E-state index in [4.69, 9.17) is 21.7 Å². The number of ether oxygens (including phenoxy) is 2. The van der Waals surface area contributed by atoms with Crippen molar-refractivity contribution in [2.24, 2.45) is 0 Å². The van der Waals surface area contributed by atoms with Crippen LogP contribution in [0.4, 0.5) is 0 Å². The van der Waals surface area contributed by atoms with Gasteiger partial charge in [-0.05, 0) is 79.5 Å². The molecule has 184 valence electrons.